The number of hydrogen-bond donors (Lipinski definition) is 0. The van der Waals surface area contributed by atoms with E-state index in [2.05, 4.69) is 34.8 Å². The van der Waals surface area contributed by atoms with Gasteiger partial charge in [0.1, 0.15) is 0 Å². The molecule has 0 atom stereocenters. The lowest BCUT2D eigenvalue weighted by Crippen LogP contribution is -2.06. The van der Waals surface area contributed by atoms with Gasteiger partial charge in [0, 0.05) is 0 Å². The first kappa shape index (κ1) is 20.4. The highest BCUT2D eigenvalue weighted by Gasteiger charge is 2.25. The first-order chi connectivity index (χ1) is 13.4. The number of cyclic esters (lactones) is 1. The number of methoxy groups -OCH3 is 1. The Hall–Kier alpha value is -2.31. The molecule has 0 unspecified atom stereocenters. The number of esters is 1. The molecule has 146 valence electrons. The van der Waals surface area contributed by atoms with Crippen molar-refractivity contribution in [3.05, 3.63) is 62.7 Å². The van der Waals surface area contributed by atoms with E-state index in [-0.39, 0.29) is 11.6 Å². The van der Waals surface area contributed by atoms with Crippen LogP contribution in [0, 0.1) is 5.92 Å². The number of nitrogens with zero attached hydrogens (tertiary/aromatic N) is 1. The maximum Gasteiger partial charge on any atom is 0.363 e. The van der Waals surface area contributed by atoms with Crippen LogP contribution in [0.3, 0.4) is 0 Å². The van der Waals surface area contributed by atoms with E-state index in [1.807, 2.05) is 6.07 Å². The lowest BCUT2D eigenvalue weighted by atomic mass is 10.1. The molecule has 0 N–H and O–H groups in total. The lowest BCUT2D eigenvalue weighted by molar-refractivity contribution is -0.129. The number of ether oxygens (including phenoxy) is 3. The maximum absolute atomic E-state index is 12.2. The summed E-state index contributed by atoms with van der Waals surface area (Å²) >= 11 is 9.67. The Morgan fingerprint density at radius 1 is 1.29 bits per heavy atom. The van der Waals surface area contributed by atoms with E-state index >= 15 is 0 Å². The molecule has 0 fully saturated rings. The van der Waals surface area contributed by atoms with E-state index in [4.69, 9.17) is 25.8 Å². The Balaban J connectivity index is 1.93. The summed E-state index contributed by atoms with van der Waals surface area (Å²) in [5, 5.41) is 0.464. The average molecular weight is 465 g/mol. The van der Waals surface area contributed by atoms with Gasteiger partial charge in [-0.2, -0.15) is 0 Å². The molecular formula is C21H19BrClNO4. The normalized spacial score (nSPS) is 15.0. The smallest absolute Gasteiger partial charge is 0.363 e. The molecule has 7 heteroatoms. The van der Waals surface area contributed by atoms with Crippen molar-refractivity contribution in [3.8, 4) is 11.5 Å². The SMILES string of the molecule is COc1cc(/C=C2\N=C(c3ccccc3Cl)OC2=O)cc(Br)c1OCC(C)C. The quantitative estimate of drug-likeness (QED) is 0.419. The van der Waals surface area contributed by atoms with Crippen LogP contribution in [-0.2, 0) is 9.53 Å². The fraction of sp³-hybridized carbons (Fsp3) is 0.238. The van der Waals surface area contributed by atoms with Crippen LogP contribution in [-0.4, -0.2) is 25.6 Å². The fourth-order valence-electron chi connectivity index (χ4n) is 2.53. The van der Waals surface area contributed by atoms with Gasteiger partial charge >= 0.3 is 5.97 Å². The largest absolute Gasteiger partial charge is 0.493 e. The zero-order valence-electron chi connectivity index (χ0n) is 15.7. The van der Waals surface area contributed by atoms with E-state index in [0.717, 1.165) is 10.0 Å². The molecule has 0 amide bonds. The molecule has 1 aliphatic rings. The van der Waals surface area contributed by atoms with Gasteiger partial charge in [0.15, 0.2) is 17.2 Å². The van der Waals surface area contributed by atoms with E-state index in [1.165, 1.54) is 0 Å². The molecule has 3 rings (SSSR count). The molecule has 2 aromatic rings. The van der Waals surface area contributed by atoms with Gasteiger partial charge in [0.05, 0.1) is 28.8 Å². The first-order valence-corrected chi connectivity index (χ1v) is 9.84. The Morgan fingerprint density at radius 2 is 2.04 bits per heavy atom. The summed E-state index contributed by atoms with van der Waals surface area (Å²) in [6.07, 6.45) is 1.63. The zero-order chi connectivity index (χ0) is 20.3. The molecule has 0 radical (unpaired) electrons. The van der Waals surface area contributed by atoms with Crippen LogP contribution in [0.2, 0.25) is 5.02 Å². The van der Waals surface area contributed by atoms with Gasteiger partial charge in [-0.1, -0.05) is 37.6 Å². The predicted octanol–water partition coefficient (Wildman–Crippen LogP) is 5.49. The molecule has 5 nitrogen and oxygen atoms in total. The zero-order valence-corrected chi connectivity index (χ0v) is 18.0. The van der Waals surface area contributed by atoms with Crippen molar-refractivity contribution in [1.29, 1.82) is 0 Å². The lowest BCUT2D eigenvalue weighted by Gasteiger charge is -2.14. The molecule has 0 bridgehead atoms. The predicted molar refractivity (Wildman–Crippen MR) is 113 cm³/mol. The van der Waals surface area contributed by atoms with E-state index in [0.29, 0.717) is 34.6 Å². The molecule has 0 aromatic heterocycles. The van der Waals surface area contributed by atoms with Crippen molar-refractivity contribution < 1.29 is 19.0 Å². The fourth-order valence-corrected chi connectivity index (χ4v) is 3.32. The van der Waals surface area contributed by atoms with E-state index in [9.17, 15) is 4.79 Å². The molecule has 2 aromatic carbocycles. The molecular weight excluding hydrogens is 446 g/mol. The minimum atomic E-state index is -0.537. The molecule has 1 heterocycles. The second-order valence-corrected chi connectivity index (χ2v) is 7.82. The Kier molecular flexibility index (Phi) is 6.42. The van der Waals surface area contributed by atoms with Crippen LogP contribution in [0.5, 0.6) is 11.5 Å². The van der Waals surface area contributed by atoms with Crippen LogP contribution in [0.25, 0.3) is 6.08 Å². The summed E-state index contributed by atoms with van der Waals surface area (Å²) < 4.78 is 17.3. The highest BCUT2D eigenvalue weighted by atomic mass is 79.9. The van der Waals surface area contributed by atoms with E-state index < -0.39 is 5.97 Å². The van der Waals surface area contributed by atoms with Crippen molar-refractivity contribution in [2.45, 2.75) is 13.8 Å². The number of hydrogen-bond acceptors (Lipinski definition) is 5. The van der Waals surface area contributed by atoms with Crippen molar-refractivity contribution in [3.63, 3.8) is 0 Å². The van der Waals surface area contributed by atoms with Gasteiger partial charge in [0.2, 0.25) is 5.90 Å². The van der Waals surface area contributed by atoms with Gasteiger partial charge in [-0.15, -0.1) is 0 Å². The van der Waals surface area contributed by atoms with Gasteiger partial charge in [-0.25, -0.2) is 9.79 Å². The second-order valence-electron chi connectivity index (χ2n) is 6.55. The summed E-state index contributed by atoms with van der Waals surface area (Å²) in [5.74, 6) is 1.20. The third kappa shape index (κ3) is 4.56. The number of carbonyl (C=O) groups is 1. The highest BCUT2D eigenvalue weighted by Crippen LogP contribution is 2.38. The highest BCUT2D eigenvalue weighted by molar-refractivity contribution is 9.10. The van der Waals surface area contributed by atoms with Crippen molar-refractivity contribution in [2.75, 3.05) is 13.7 Å². The number of rotatable bonds is 6. The molecule has 0 saturated heterocycles. The van der Waals surface area contributed by atoms with Gasteiger partial charge < -0.3 is 14.2 Å². The van der Waals surface area contributed by atoms with Crippen LogP contribution < -0.4 is 9.47 Å². The molecule has 0 aliphatic carbocycles. The number of benzene rings is 2. The van der Waals surface area contributed by atoms with Crippen LogP contribution in [0.1, 0.15) is 25.0 Å². The van der Waals surface area contributed by atoms with Crippen molar-refractivity contribution in [2.24, 2.45) is 10.9 Å². The minimum Gasteiger partial charge on any atom is -0.493 e. The summed E-state index contributed by atoms with van der Waals surface area (Å²) in [7, 11) is 1.57. The van der Waals surface area contributed by atoms with E-state index in [1.54, 1.807) is 43.5 Å². The maximum atomic E-state index is 12.2. The second kappa shape index (κ2) is 8.80. The molecule has 0 spiro atoms. The Morgan fingerprint density at radius 3 is 2.71 bits per heavy atom. The van der Waals surface area contributed by atoms with Crippen LogP contribution >= 0.6 is 27.5 Å². The van der Waals surface area contributed by atoms with Gasteiger partial charge in [0.25, 0.3) is 0 Å². The molecule has 1 aliphatic heterocycles. The van der Waals surface area contributed by atoms with Crippen LogP contribution in [0.4, 0.5) is 0 Å². The monoisotopic (exact) mass is 463 g/mol. The Bertz CT molecular complexity index is 969. The number of halogens is 2. The summed E-state index contributed by atoms with van der Waals surface area (Å²) in [4.78, 5) is 16.5. The summed E-state index contributed by atoms with van der Waals surface area (Å²) in [6, 6.07) is 10.7. The third-order valence-electron chi connectivity index (χ3n) is 3.84. The van der Waals surface area contributed by atoms with Crippen molar-refractivity contribution >= 4 is 45.5 Å². The topological polar surface area (TPSA) is 57.1 Å². The third-order valence-corrected chi connectivity index (χ3v) is 4.76. The minimum absolute atomic E-state index is 0.180. The number of carbonyl (C=O) groups excluding carboxylic acids is 1. The van der Waals surface area contributed by atoms with Crippen molar-refractivity contribution in [1.82, 2.24) is 0 Å². The van der Waals surface area contributed by atoms with Gasteiger partial charge in [-0.3, -0.25) is 0 Å². The standard InChI is InChI=1S/C21H19BrClNO4/c1-12(2)11-27-19-15(22)8-13(10-18(19)26-3)9-17-21(25)28-20(24-17)14-6-4-5-7-16(14)23/h4-10,12H,11H2,1-3H3/b17-9-. The van der Waals surface area contributed by atoms with Crippen LogP contribution in [0.15, 0.2) is 51.6 Å². The Labute approximate surface area is 177 Å². The summed E-state index contributed by atoms with van der Waals surface area (Å²) in [6.45, 7) is 4.70. The average Bonchev–Trinajstić information content (AvgIpc) is 3.00. The summed E-state index contributed by atoms with van der Waals surface area (Å²) in [5.41, 5.74) is 1.47. The molecule has 0 saturated carbocycles. The first-order valence-electron chi connectivity index (χ1n) is 8.67. The van der Waals surface area contributed by atoms with Gasteiger partial charge in [-0.05, 0) is 57.8 Å². The molecule has 28 heavy (non-hydrogen) atoms. The number of aliphatic imine (C=N–C) groups is 1.